The molecule has 2 heterocycles. The molecule has 0 radical (unpaired) electrons. The molecule has 0 saturated heterocycles. The Hall–Kier alpha value is -1.43. The highest BCUT2D eigenvalue weighted by molar-refractivity contribution is 9.10. The van der Waals surface area contributed by atoms with E-state index in [9.17, 15) is 4.79 Å². The average molecular weight is 425 g/mol. The third kappa shape index (κ3) is 4.11. The number of hydrogen-bond donors (Lipinski definition) is 0. The number of hydrogen-bond acceptors (Lipinski definition) is 4. The largest absolute Gasteiger partial charge is 0.490 e. The van der Waals surface area contributed by atoms with E-state index < -0.39 is 5.60 Å². The normalized spacial score (nSPS) is 17.1. The molecule has 0 aliphatic carbocycles. The average Bonchev–Trinajstić information content (AvgIpc) is 2.76. The van der Waals surface area contributed by atoms with Crippen LogP contribution in [0, 0.1) is 0 Å². The minimum atomic E-state index is -0.468. The molecule has 0 saturated carbocycles. The first-order valence-corrected chi connectivity index (χ1v) is 10.3. The van der Waals surface area contributed by atoms with Crippen molar-refractivity contribution in [1.29, 1.82) is 0 Å². The number of halogens is 1. The van der Waals surface area contributed by atoms with Gasteiger partial charge >= 0.3 is 6.09 Å². The predicted octanol–water partition coefficient (Wildman–Crippen LogP) is 4.39. The fraction of sp³-hybridized carbons (Fsp3) is 0.650. The summed E-state index contributed by atoms with van der Waals surface area (Å²) in [5.41, 5.74) is 3.26. The molecule has 0 atom stereocenters. The van der Waals surface area contributed by atoms with Crippen LogP contribution >= 0.6 is 15.9 Å². The van der Waals surface area contributed by atoms with Gasteiger partial charge in [0, 0.05) is 24.1 Å². The lowest BCUT2D eigenvalue weighted by atomic mass is 10.0. The molecule has 0 fully saturated rings. The van der Waals surface area contributed by atoms with E-state index in [2.05, 4.69) is 33.8 Å². The van der Waals surface area contributed by atoms with E-state index in [0.29, 0.717) is 13.1 Å². The van der Waals surface area contributed by atoms with Gasteiger partial charge in [-0.15, -0.1) is 0 Å². The van der Waals surface area contributed by atoms with Crippen molar-refractivity contribution in [2.75, 3.05) is 37.7 Å². The SMILES string of the molecule is CCCN1CCOc2cc3c(c(Br)c21)CCN(C(=O)OC(C)(C)C)CC3. The molecule has 6 heteroatoms. The zero-order valence-corrected chi connectivity index (χ0v) is 17.8. The van der Waals surface area contributed by atoms with Crippen LogP contribution in [0.5, 0.6) is 5.75 Å². The number of benzene rings is 1. The minimum Gasteiger partial charge on any atom is -0.490 e. The first-order chi connectivity index (χ1) is 12.3. The highest BCUT2D eigenvalue weighted by atomic mass is 79.9. The number of carbonyl (C=O) groups is 1. The lowest BCUT2D eigenvalue weighted by Crippen LogP contribution is -2.38. The van der Waals surface area contributed by atoms with Crippen molar-refractivity contribution in [3.8, 4) is 5.75 Å². The number of ether oxygens (including phenoxy) is 2. The molecular weight excluding hydrogens is 396 g/mol. The molecule has 0 unspecified atom stereocenters. The number of nitrogens with zero attached hydrogens (tertiary/aromatic N) is 2. The van der Waals surface area contributed by atoms with Crippen molar-refractivity contribution in [3.05, 3.63) is 21.7 Å². The zero-order valence-electron chi connectivity index (χ0n) is 16.2. The van der Waals surface area contributed by atoms with Gasteiger partial charge in [0.1, 0.15) is 18.0 Å². The van der Waals surface area contributed by atoms with Gasteiger partial charge in [-0.25, -0.2) is 4.79 Å². The third-order valence-electron chi connectivity index (χ3n) is 4.76. The smallest absolute Gasteiger partial charge is 0.410 e. The summed E-state index contributed by atoms with van der Waals surface area (Å²) in [6, 6.07) is 2.18. The Labute approximate surface area is 164 Å². The molecular formula is C20H29BrN2O3. The maximum absolute atomic E-state index is 12.5. The van der Waals surface area contributed by atoms with Gasteiger partial charge in [-0.2, -0.15) is 0 Å². The van der Waals surface area contributed by atoms with E-state index in [0.717, 1.165) is 49.2 Å². The van der Waals surface area contributed by atoms with Gasteiger partial charge in [-0.05, 0) is 73.2 Å². The van der Waals surface area contributed by atoms with Crippen LogP contribution in [0.3, 0.4) is 0 Å². The Bertz CT molecular complexity index is 685. The van der Waals surface area contributed by atoms with Crippen LogP contribution in [0.25, 0.3) is 0 Å². The van der Waals surface area contributed by atoms with Crippen LogP contribution < -0.4 is 9.64 Å². The minimum absolute atomic E-state index is 0.227. The van der Waals surface area contributed by atoms with Gasteiger partial charge in [0.25, 0.3) is 0 Å². The summed E-state index contributed by atoms with van der Waals surface area (Å²) in [6.07, 6.45) is 2.52. The number of rotatable bonds is 2. The quantitative estimate of drug-likeness (QED) is 0.705. The van der Waals surface area contributed by atoms with Crippen LogP contribution in [-0.4, -0.2) is 49.4 Å². The van der Waals surface area contributed by atoms with E-state index in [-0.39, 0.29) is 6.09 Å². The highest BCUT2D eigenvalue weighted by Crippen LogP contribution is 2.43. The summed E-state index contributed by atoms with van der Waals surface area (Å²) in [7, 11) is 0. The van der Waals surface area contributed by atoms with Crippen molar-refractivity contribution in [3.63, 3.8) is 0 Å². The number of amides is 1. The lowest BCUT2D eigenvalue weighted by molar-refractivity contribution is 0.0258. The zero-order chi connectivity index (χ0) is 18.9. The van der Waals surface area contributed by atoms with Gasteiger partial charge in [0.15, 0.2) is 0 Å². The summed E-state index contributed by atoms with van der Waals surface area (Å²) in [6.45, 7) is 11.9. The standard InChI is InChI=1S/C20H29BrN2O3/c1-5-8-22-11-12-25-16-13-14-6-9-23(19(24)26-20(2,3)4)10-7-15(14)17(21)18(16)22/h13H,5-12H2,1-4H3. The molecule has 144 valence electrons. The first-order valence-electron chi connectivity index (χ1n) is 9.50. The molecule has 1 amide bonds. The van der Waals surface area contributed by atoms with E-state index >= 15 is 0 Å². The van der Waals surface area contributed by atoms with Crippen LogP contribution in [0.1, 0.15) is 45.2 Å². The van der Waals surface area contributed by atoms with Crippen molar-refractivity contribution in [2.24, 2.45) is 0 Å². The van der Waals surface area contributed by atoms with Gasteiger partial charge in [-0.3, -0.25) is 0 Å². The molecule has 2 aliphatic heterocycles. The molecule has 1 aromatic rings. The molecule has 0 spiro atoms. The summed E-state index contributed by atoms with van der Waals surface area (Å²) in [5, 5.41) is 0. The Balaban J connectivity index is 1.84. The lowest BCUT2D eigenvalue weighted by Gasteiger charge is -2.33. The Morgan fingerprint density at radius 1 is 1.27 bits per heavy atom. The van der Waals surface area contributed by atoms with Crippen molar-refractivity contribution in [1.82, 2.24) is 4.90 Å². The molecule has 0 bridgehead atoms. The molecule has 2 aliphatic rings. The monoisotopic (exact) mass is 424 g/mol. The van der Waals surface area contributed by atoms with Gasteiger partial charge in [0.05, 0.1) is 12.2 Å². The maximum Gasteiger partial charge on any atom is 0.410 e. The van der Waals surface area contributed by atoms with E-state index in [4.69, 9.17) is 9.47 Å². The van der Waals surface area contributed by atoms with Crippen molar-refractivity contribution in [2.45, 2.75) is 52.6 Å². The fourth-order valence-corrected chi connectivity index (χ4v) is 4.50. The molecule has 0 aromatic heterocycles. The second kappa shape index (κ2) is 7.67. The highest BCUT2D eigenvalue weighted by Gasteiger charge is 2.29. The maximum atomic E-state index is 12.5. The van der Waals surface area contributed by atoms with Crippen LogP contribution in [0.2, 0.25) is 0 Å². The van der Waals surface area contributed by atoms with Crippen LogP contribution in [0.15, 0.2) is 10.5 Å². The van der Waals surface area contributed by atoms with E-state index in [1.54, 1.807) is 0 Å². The van der Waals surface area contributed by atoms with Crippen molar-refractivity contribution < 1.29 is 14.3 Å². The van der Waals surface area contributed by atoms with Gasteiger partial charge in [0.2, 0.25) is 0 Å². The molecule has 0 N–H and O–H groups in total. The van der Waals surface area contributed by atoms with E-state index in [1.165, 1.54) is 16.8 Å². The molecule has 3 rings (SSSR count). The number of carbonyl (C=O) groups excluding carboxylic acids is 1. The summed E-state index contributed by atoms with van der Waals surface area (Å²) >= 11 is 3.85. The molecule has 26 heavy (non-hydrogen) atoms. The second-order valence-corrected chi connectivity index (χ2v) is 8.77. The molecule has 1 aromatic carbocycles. The van der Waals surface area contributed by atoms with Crippen LogP contribution in [-0.2, 0) is 17.6 Å². The van der Waals surface area contributed by atoms with Crippen LogP contribution in [0.4, 0.5) is 10.5 Å². The topological polar surface area (TPSA) is 42.0 Å². The summed E-state index contributed by atoms with van der Waals surface area (Å²) < 4.78 is 12.6. The Morgan fingerprint density at radius 3 is 2.69 bits per heavy atom. The summed E-state index contributed by atoms with van der Waals surface area (Å²) in [4.78, 5) is 16.7. The third-order valence-corrected chi connectivity index (χ3v) is 5.62. The Morgan fingerprint density at radius 2 is 2.00 bits per heavy atom. The van der Waals surface area contributed by atoms with Gasteiger partial charge < -0.3 is 19.3 Å². The molecule has 5 nitrogen and oxygen atoms in total. The Kier molecular flexibility index (Phi) is 5.70. The predicted molar refractivity (Wildman–Crippen MR) is 107 cm³/mol. The first kappa shape index (κ1) is 19.3. The number of fused-ring (bicyclic) bond motifs is 2. The number of anilines is 1. The van der Waals surface area contributed by atoms with Gasteiger partial charge in [-0.1, -0.05) is 6.92 Å². The second-order valence-electron chi connectivity index (χ2n) is 7.98. The van der Waals surface area contributed by atoms with E-state index in [1.807, 2.05) is 25.7 Å². The van der Waals surface area contributed by atoms with Crippen molar-refractivity contribution >= 4 is 27.7 Å². The summed E-state index contributed by atoms with van der Waals surface area (Å²) in [5.74, 6) is 0.959. The fourth-order valence-electron chi connectivity index (χ4n) is 3.60.